The van der Waals surface area contributed by atoms with Crippen LogP contribution in [0.2, 0.25) is 0 Å². The van der Waals surface area contributed by atoms with Crippen LogP contribution in [0.25, 0.3) is 0 Å². The number of benzene rings is 2. The lowest BCUT2D eigenvalue weighted by molar-refractivity contribution is -0.136. The third-order valence-electron chi connectivity index (χ3n) is 6.42. The summed E-state index contributed by atoms with van der Waals surface area (Å²) in [4.78, 5) is 29.3. The monoisotopic (exact) mass is 420 g/mol. The molecule has 2 aromatic rings. The summed E-state index contributed by atoms with van der Waals surface area (Å²) >= 11 is 0. The summed E-state index contributed by atoms with van der Waals surface area (Å²) < 4.78 is 6.03. The number of amides is 2. The fourth-order valence-electron chi connectivity index (χ4n) is 4.39. The van der Waals surface area contributed by atoms with Crippen molar-refractivity contribution in [3.63, 3.8) is 0 Å². The second kappa shape index (κ2) is 8.74. The van der Waals surface area contributed by atoms with Gasteiger partial charge in [0, 0.05) is 26.1 Å². The Bertz CT molecular complexity index is 982. The van der Waals surface area contributed by atoms with Gasteiger partial charge in [0.1, 0.15) is 5.75 Å². The quantitative estimate of drug-likeness (QED) is 0.706. The highest BCUT2D eigenvalue weighted by Crippen LogP contribution is 2.41. The number of fused-ring (bicyclic) bond motifs is 1. The second-order valence-electron chi connectivity index (χ2n) is 8.85. The lowest BCUT2D eigenvalue weighted by Gasteiger charge is -2.38. The van der Waals surface area contributed by atoms with Crippen molar-refractivity contribution in [1.29, 1.82) is 0 Å². The zero-order chi connectivity index (χ0) is 22.1. The molecule has 1 saturated carbocycles. The Balaban J connectivity index is 1.69. The van der Waals surface area contributed by atoms with E-state index >= 15 is 0 Å². The van der Waals surface area contributed by atoms with Gasteiger partial charge in [0.25, 0.3) is 5.91 Å². The molecule has 0 radical (unpaired) electrons. The van der Waals surface area contributed by atoms with Gasteiger partial charge in [0.15, 0.2) is 6.10 Å². The smallest absolute Gasteiger partial charge is 0.263 e. The van der Waals surface area contributed by atoms with Crippen LogP contribution in [-0.2, 0) is 16.0 Å². The van der Waals surface area contributed by atoms with E-state index in [1.165, 1.54) is 11.1 Å². The van der Waals surface area contributed by atoms with E-state index in [-0.39, 0.29) is 23.8 Å². The summed E-state index contributed by atoms with van der Waals surface area (Å²) in [6, 6.07) is 14.4. The Morgan fingerprint density at radius 1 is 1.19 bits per heavy atom. The lowest BCUT2D eigenvalue weighted by atomic mass is 9.87. The molecule has 2 amide bonds. The fraction of sp³-hybridized carbons (Fsp3) is 0.462. The number of nitrogens with zero attached hydrogens (tertiary/aromatic N) is 2. The van der Waals surface area contributed by atoms with E-state index in [0.29, 0.717) is 12.3 Å². The highest BCUT2D eigenvalue weighted by molar-refractivity contribution is 5.82. The Morgan fingerprint density at radius 2 is 1.97 bits per heavy atom. The molecule has 164 valence electrons. The number of likely N-dealkylation sites (N-methyl/N-ethyl adjacent to an activating group) is 1. The van der Waals surface area contributed by atoms with Gasteiger partial charge >= 0.3 is 0 Å². The van der Waals surface area contributed by atoms with E-state index < -0.39 is 6.10 Å². The van der Waals surface area contributed by atoms with Crippen LogP contribution in [0.4, 0.5) is 0 Å². The van der Waals surface area contributed by atoms with Crippen molar-refractivity contribution in [1.82, 2.24) is 9.80 Å². The van der Waals surface area contributed by atoms with Crippen molar-refractivity contribution in [3.8, 4) is 5.75 Å². The van der Waals surface area contributed by atoms with Crippen LogP contribution in [0, 0.1) is 12.8 Å². The zero-order valence-corrected chi connectivity index (χ0v) is 18.9. The van der Waals surface area contributed by atoms with Gasteiger partial charge in [0.2, 0.25) is 5.91 Å². The summed E-state index contributed by atoms with van der Waals surface area (Å²) in [7, 11) is 1.78. The number of carbonyl (C=O) groups excluding carboxylic acids is 2. The summed E-state index contributed by atoms with van der Waals surface area (Å²) in [6.07, 6.45) is 2.27. The Morgan fingerprint density at radius 3 is 2.65 bits per heavy atom. The first-order valence-corrected chi connectivity index (χ1v) is 11.3. The number of aryl methyl sites for hydroxylation is 1. The molecule has 5 nitrogen and oxygen atoms in total. The van der Waals surface area contributed by atoms with E-state index in [1.54, 1.807) is 18.9 Å². The van der Waals surface area contributed by atoms with Gasteiger partial charge in [-0.25, -0.2) is 0 Å². The van der Waals surface area contributed by atoms with Crippen molar-refractivity contribution in [2.75, 3.05) is 20.1 Å². The van der Waals surface area contributed by atoms with Gasteiger partial charge in [-0.1, -0.05) is 35.9 Å². The molecule has 1 fully saturated rings. The molecule has 0 bridgehead atoms. The predicted molar refractivity (Wildman–Crippen MR) is 121 cm³/mol. The fourth-order valence-corrected chi connectivity index (χ4v) is 4.39. The van der Waals surface area contributed by atoms with E-state index in [9.17, 15) is 9.59 Å². The summed E-state index contributed by atoms with van der Waals surface area (Å²) in [5.74, 6) is 1.07. The standard InChI is InChI=1S/C26H32N2O3/c1-5-27(4)25(29)18(3)31-22-12-11-19-13-14-28(26(30)20-9-10-20)24(23(19)16-22)21-8-6-7-17(2)15-21/h6-8,11-12,15-16,18,20,24H,5,9-10,13-14H2,1-4H3/t18-,24-/m0/s1. The molecule has 4 rings (SSSR count). The molecule has 5 heteroatoms. The second-order valence-corrected chi connectivity index (χ2v) is 8.85. The van der Waals surface area contributed by atoms with Gasteiger partial charge in [-0.3, -0.25) is 9.59 Å². The summed E-state index contributed by atoms with van der Waals surface area (Å²) in [5, 5.41) is 0. The third-order valence-corrected chi connectivity index (χ3v) is 6.42. The molecular formula is C26H32N2O3. The van der Waals surface area contributed by atoms with Crippen molar-refractivity contribution in [2.45, 2.75) is 52.2 Å². The van der Waals surface area contributed by atoms with Crippen molar-refractivity contribution >= 4 is 11.8 Å². The number of hydrogen-bond acceptors (Lipinski definition) is 3. The average Bonchev–Trinajstić information content (AvgIpc) is 3.62. The minimum Gasteiger partial charge on any atom is -0.481 e. The van der Waals surface area contributed by atoms with Crippen LogP contribution in [0.3, 0.4) is 0 Å². The first kappa shape index (κ1) is 21.4. The first-order chi connectivity index (χ1) is 14.9. The molecule has 2 aliphatic rings. The lowest BCUT2D eigenvalue weighted by Crippen LogP contribution is -2.41. The summed E-state index contributed by atoms with van der Waals surface area (Å²) in [6.45, 7) is 7.19. The maximum absolute atomic E-state index is 13.1. The van der Waals surface area contributed by atoms with Crippen molar-refractivity contribution in [3.05, 3.63) is 64.7 Å². The molecule has 31 heavy (non-hydrogen) atoms. The highest BCUT2D eigenvalue weighted by Gasteiger charge is 2.39. The molecule has 0 saturated heterocycles. The SMILES string of the molecule is CCN(C)C(=O)[C@H](C)Oc1ccc2c(c1)[C@H](c1cccc(C)c1)N(C(=O)C1CC1)CC2. The molecule has 1 heterocycles. The van der Waals surface area contributed by atoms with Gasteiger partial charge in [-0.05, 0) is 68.9 Å². The number of carbonyl (C=O) groups is 2. The molecule has 2 atom stereocenters. The van der Waals surface area contributed by atoms with E-state index in [2.05, 4.69) is 42.2 Å². The van der Waals surface area contributed by atoms with E-state index in [0.717, 1.165) is 36.9 Å². The topological polar surface area (TPSA) is 49.9 Å². The Kier molecular flexibility index (Phi) is 6.03. The van der Waals surface area contributed by atoms with E-state index in [1.807, 2.05) is 19.1 Å². The third kappa shape index (κ3) is 4.46. The average molecular weight is 421 g/mol. The Labute approximate surface area is 185 Å². The number of rotatable bonds is 6. The first-order valence-electron chi connectivity index (χ1n) is 11.3. The van der Waals surface area contributed by atoms with Crippen LogP contribution in [0.1, 0.15) is 55.0 Å². The van der Waals surface area contributed by atoms with Gasteiger partial charge in [-0.15, -0.1) is 0 Å². The van der Waals surface area contributed by atoms with Gasteiger partial charge in [-0.2, -0.15) is 0 Å². The van der Waals surface area contributed by atoms with Crippen LogP contribution in [0.5, 0.6) is 5.75 Å². The maximum Gasteiger partial charge on any atom is 0.263 e. The summed E-state index contributed by atoms with van der Waals surface area (Å²) in [5.41, 5.74) is 4.65. The number of ether oxygens (including phenoxy) is 1. The molecule has 0 unspecified atom stereocenters. The Hall–Kier alpha value is -2.82. The molecule has 0 N–H and O–H groups in total. The van der Waals surface area contributed by atoms with Crippen LogP contribution < -0.4 is 4.74 Å². The van der Waals surface area contributed by atoms with Crippen molar-refractivity contribution in [2.24, 2.45) is 5.92 Å². The maximum atomic E-state index is 13.1. The normalized spacial score (nSPS) is 18.8. The molecular weight excluding hydrogens is 388 g/mol. The van der Waals surface area contributed by atoms with Gasteiger partial charge < -0.3 is 14.5 Å². The molecule has 1 aliphatic heterocycles. The largest absolute Gasteiger partial charge is 0.481 e. The number of hydrogen-bond donors (Lipinski definition) is 0. The van der Waals surface area contributed by atoms with Crippen LogP contribution in [-0.4, -0.2) is 47.9 Å². The van der Waals surface area contributed by atoms with Crippen LogP contribution in [0.15, 0.2) is 42.5 Å². The van der Waals surface area contributed by atoms with Crippen LogP contribution >= 0.6 is 0 Å². The molecule has 0 spiro atoms. The molecule has 2 aromatic carbocycles. The highest BCUT2D eigenvalue weighted by atomic mass is 16.5. The van der Waals surface area contributed by atoms with Crippen molar-refractivity contribution < 1.29 is 14.3 Å². The van der Waals surface area contributed by atoms with Gasteiger partial charge in [0.05, 0.1) is 6.04 Å². The molecule has 0 aromatic heterocycles. The minimum atomic E-state index is -0.562. The molecule has 1 aliphatic carbocycles. The van der Waals surface area contributed by atoms with E-state index in [4.69, 9.17) is 4.74 Å². The zero-order valence-electron chi connectivity index (χ0n) is 18.9. The predicted octanol–water partition coefficient (Wildman–Crippen LogP) is 4.12. The minimum absolute atomic E-state index is 0.0407.